The molecular weight excluding hydrogens is 268 g/mol. The summed E-state index contributed by atoms with van der Waals surface area (Å²) in [6, 6.07) is 3.84. The molecular formula is C16H22N2O3. The van der Waals surface area contributed by atoms with Crippen LogP contribution in [0.1, 0.15) is 37.7 Å². The van der Waals surface area contributed by atoms with E-state index in [1.807, 2.05) is 12.1 Å². The van der Waals surface area contributed by atoms with Crippen LogP contribution in [0.25, 0.3) is 0 Å². The van der Waals surface area contributed by atoms with Crippen molar-refractivity contribution in [3.63, 3.8) is 0 Å². The fourth-order valence-electron chi connectivity index (χ4n) is 2.90. The predicted molar refractivity (Wildman–Crippen MR) is 77.9 cm³/mol. The lowest BCUT2D eigenvalue weighted by Crippen LogP contribution is -2.30. The minimum Gasteiger partial charge on any atom is -0.474 e. The van der Waals surface area contributed by atoms with Crippen LogP contribution in [0.2, 0.25) is 0 Å². The molecule has 1 N–H and O–H groups in total. The zero-order valence-electron chi connectivity index (χ0n) is 12.2. The highest BCUT2D eigenvalue weighted by molar-refractivity contribution is 5.79. The summed E-state index contributed by atoms with van der Waals surface area (Å²) < 4.78 is 11.2. The van der Waals surface area contributed by atoms with E-state index < -0.39 is 0 Å². The molecule has 1 atom stereocenters. The van der Waals surface area contributed by atoms with Crippen molar-refractivity contribution in [1.29, 1.82) is 0 Å². The number of hydrogen-bond donors (Lipinski definition) is 1. The van der Waals surface area contributed by atoms with Crippen molar-refractivity contribution < 1.29 is 14.3 Å². The summed E-state index contributed by atoms with van der Waals surface area (Å²) in [6.07, 6.45) is 7.47. The van der Waals surface area contributed by atoms with Gasteiger partial charge in [-0.1, -0.05) is 6.07 Å². The SMILES string of the molecule is O=C(NCc1cccnc1OC1CCCC1)C1CCOC1. The molecule has 0 bridgehead atoms. The lowest BCUT2D eigenvalue weighted by Gasteiger charge is -2.16. The average molecular weight is 290 g/mol. The summed E-state index contributed by atoms with van der Waals surface area (Å²) >= 11 is 0. The van der Waals surface area contributed by atoms with Crippen molar-refractivity contribution in [1.82, 2.24) is 10.3 Å². The van der Waals surface area contributed by atoms with Crippen LogP contribution in [0.15, 0.2) is 18.3 Å². The summed E-state index contributed by atoms with van der Waals surface area (Å²) in [4.78, 5) is 16.3. The maximum atomic E-state index is 12.0. The van der Waals surface area contributed by atoms with Gasteiger partial charge in [0, 0.05) is 24.9 Å². The summed E-state index contributed by atoms with van der Waals surface area (Å²) in [7, 11) is 0. The summed E-state index contributed by atoms with van der Waals surface area (Å²) in [5.74, 6) is 0.705. The Morgan fingerprint density at radius 3 is 3.00 bits per heavy atom. The van der Waals surface area contributed by atoms with Gasteiger partial charge in [0.25, 0.3) is 0 Å². The first kappa shape index (κ1) is 14.3. The molecule has 5 heteroatoms. The Labute approximate surface area is 125 Å². The Morgan fingerprint density at radius 1 is 1.38 bits per heavy atom. The summed E-state index contributed by atoms with van der Waals surface area (Å²) in [5.41, 5.74) is 0.941. The molecule has 2 heterocycles. The van der Waals surface area contributed by atoms with E-state index in [9.17, 15) is 4.79 Å². The number of amides is 1. The molecule has 0 radical (unpaired) electrons. The van der Waals surface area contributed by atoms with Crippen molar-refractivity contribution in [3.05, 3.63) is 23.9 Å². The van der Waals surface area contributed by atoms with Crippen LogP contribution in [0.5, 0.6) is 5.88 Å². The maximum absolute atomic E-state index is 12.0. The third kappa shape index (κ3) is 3.73. The third-order valence-electron chi connectivity index (χ3n) is 4.18. The van der Waals surface area contributed by atoms with Crippen LogP contribution in [0.3, 0.4) is 0 Å². The van der Waals surface area contributed by atoms with E-state index >= 15 is 0 Å². The number of rotatable bonds is 5. The summed E-state index contributed by atoms with van der Waals surface area (Å²) in [5, 5.41) is 2.97. The molecule has 1 aromatic rings. The Kier molecular flexibility index (Phi) is 4.70. The van der Waals surface area contributed by atoms with Gasteiger partial charge in [0.15, 0.2) is 0 Å². The second kappa shape index (κ2) is 6.89. The molecule has 1 saturated carbocycles. The minimum absolute atomic E-state index is 0.0131. The average Bonchev–Trinajstić information content (AvgIpc) is 3.19. The number of hydrogen-bond acceptors (Lipinski definition) is 4. The van der Waals surface area contributed by atoms with Gasteiger partial charge in [-0.2, -0.15) is 0 Å². The maximum Gasteiger partial charge on any atom is 0.225 e. The van der Waals surface area contributed by atoms with Gasteiger partial charge in [0.2, 0.25) is 11.8 Å². The third-order valence-corrected chi connectivity index (χ3v) is 4.18. The van der Waals surface area contributed by atoms with Crippen LogP contribution < -0.4 is 10.1 Å². The number of pyridine rings is 1. The number of carbonyl (C=O) groups excluding carboxylic acids is 1. The molecule has 5 nitrogen and oxygen atoms in total. The van der Waals surface area contributed by atoms with Gasteiger partial charge in [0.05, 0.1) is 12.5 Å². The van der Waals surface area contributed by atoms with E-state index in [-0.39, 0.29) is 17.9 Å². The fraction of sp³-hybridized carbons (Fsp3) is 0.625. The standard InChI is InChI=1S/C16H22N2O3/c19-15(13-7-9-20-11-13)18-10-12-4-3-8-17-16(12)21-14-5-1-2-6-14/h3-4,8,13-14H,1-2,5-7,9-11H2,(H,18,19). The van der Waals surface area contributed by atoms with Gasteiger partial charge < -0.3 is 14.8 Å². The van der Waals surface area contributed by atoms with Crippen molar-refractivity contribution >= 4 is 5.91 Å². The lowest BCUT2D eigenvalue weighted by molar-refractivity contribution is -0.125. The zero-order valence-corrected chi connectivity index (χ0v) is 12.2. The molecule has 0 spiro atoms. The second-order valence-corrected chi connectivity index (χ2v) is 5.77. The van der Waals surface area contributed by atoms with Crippen molar-refractivity contribution in [2.75, 3.05) is 13.2 Å². The van der Waals surface area contributed by atoms with E-state index in [0.717, 1.165) is 24.8 Å². The molecule has 1 saturated heterocycles. The van der Waals surface area contributed by atoms with E-state index in [2.05, 4.69) is 10.3 Å². The van der Waals surface area contributed by atoms with Crippen molar-refractivity contribution in [2.45, 2.75) is 44.8 Å². The van der Waals surface area contributed by atoms with Gasteiger partial charge in [-0.05, 0) is 38.2 Å². The topological polar surface area (TPSA) is 60.5 Å². The normalized spacial score (nSPS) is 22.4. The van der Waals surface area contributed by atoms with Crippen LogP contribution in [0.4, 0.5) is 0 Å². The van der Waals surface area contributed by atoms with E-state index in [4.69, 9.17) is 9.47 Å². The largest absolute Gasteiger partial charge is 0.474 e. The van der Waals surface area contributed by atoms with Gasteiger partial charge in [-0.15, -0.1) is 0 Å². The van der Waals surface area contributed by atoms with E-state index in [0.29, 0.717) is 25.6 Å². The molecule has 1 unspecified atom stereocenters. The molecule has 1 aliphatic carbocycles. The Bertz CT molecular complexity index is 480. The quantitative estimate of drug-likeness (QED) is 0.901. The van der Waals surface area contributed by atoms with Crippen LogP contribution >= 0.6 is 0 Å². The molecule has 114 valence electrons. The Hall–Kier alpha value is -1.62. The number of ether oxygens (including phenoxy) is 2. The molecule has 1 aliphatic heterocycles. The molecule has 2 aliphatic rings. The lowest BCUT2D eigenvalue weighted by atomic mass is 10.1. The number of nitrogens with zero attached hydrogens (tertiary/aromatic N) is 1. The van der Waals surface area contributed by atoms with Gasteiger partial charge in [-0.3, -0.25) is 4.79 Å². The fourth-order valence-corrected chi connectivity index (χ4v) is 2.90. The van der Waals surface area contributed by atoms with Crippen LogP contribution in [0, 0.1) is 5.92 Å². The minimum atomic E-state index is -0.0131. The highest BCUT2D eigenvalue weighted by Gasteiger charge is 2.24. The zero-order chi connectivity index (χ0) is 14.5. The van der Waals surface area contributed by atoms with Crippen molar-refractivity contribution in [3.8, 4) is 5.88 Å². The van der Waals surface area contributed by atoms with Gasteiger partial charge in [-0.25, -0.2) is 4.98 Å². The van der Waals surface area contributed by atoms with Crippen LogP contribution in [-0.2, 0) is 16.1 Å². The van der Waals surface area contributed by atoms with Crippen molar-refractivity contribution in [2.24, 2.45) is 5.92 Å². The molecule has 3 rings (SSSR count). The molecule has 0 aromatic carbocycles. The number of nitrogens with one attached hydrogen (secondary N) is 1. The highest BCUT2D eigenvalue weighted by Crippen LogP contribution is 2.25. The first-order valence-electron chi connectivity index (χ1n) is 7.79. The van der Waals surface area contributed by atoms with Crippen LogP contribution in [-0.4, -0.2) is 30.2 Å². The monoisotopic (exact) mass is 290 g/mol. The highest BCUT2D eigenvalue weighted by atomic mass is 16.5. The number of aromatic nitrogens is 1. The molecule has 21 heavy (non-hydrogen) atoms. The predicted octanol–water partition coefficient (Wildman–Crippen LogP) is 2.06. The molecule has 1 aromatic heterocycles. The number of carbonyl (C=O) groups is 1. The smallest absolute Gasteiger partial charge is 0.225 e. The van der Waals surface area contributed by atoms with E-state index in [1.54, 1.807) is 6.20 Å². The molecule has 1 amide bonds. The van der Waals surface area contributed by atoms with Gasteiger partial charge >= 0.3 is 0 Å². The Balaban J connectivity index is 1.57. The second-order valence-electron chi connectivity index (χ2n) is 5.77. The first-order chi connectivity index (χ1) is 10.3. The molecule has 2 fully saturated rings. The first-order valence-corrected chi connectivity index (χ1v) is 7.79. The Morgan fingerprint density at radius 2 is 2.24 bits per heavy atom. The summed E-state index contributed by atoms with van der Waals surface area (Å²) in [6.45, 7) is 1.68. The van der Waals surface area contributed by atoms with Gasteiger partial charge in [0.1, 0.15) is 6.10 Å². The van der Waals surface area contributed by atoms with E-state index in [1.165, 1.54) is 12.8 Å².